The summed E-state index contributed by atoms with van der Waals surface area (Å²) < 4.78 is 23.2. The molecule has 0 fully saturated rings. The lowest BCUT2D eigenvalue weighted by Gasteiger charge is -2.32. The molecule has 3 N–H and O–H groups in total. The van der Waals surface area contributed by atoms with Gasteiger partial charge in [0.2, 0.25) is 0 Å². The Bertz CT molecular complexity index is 266. The molecule has 0 aromatic heterocycles. The highest BCUT2D eigenvalue weighted by atomic mass is 32.2. The number of aliphatic hydroxyl groups excluding tert-OH is 1. The lowest BCUT2D eigenvalue weighted by atomic mass is 9.85. The quantitative estimate of drug-likeness (QED) is 0.711. The molecular weight excluding hydrogens is 202 g/mol. The van der Waals surface area contributed by atoms with Gasteiger partial charge in [0, 0.05) is 11.8 Å². The van der Waals surface area contributed by atoms with Crippen molar-refractivity contribution in [3.05, 3.63) is 0 Å². The summed E-state index contributed by atoms with van der Waals surface area (Å²) in [6.45, 7) is 6.75. The number of hydrogen-bond acceptors (Lipinski definition) is 4. The standard InChI is InChI=1S/C9H21NO3S/c1-5-14(12,13)7(6-11)8(10)9(2,3)4/h7-8,11H,5-6,10H2,1-4H3/t7-,8+/m0/s1. The van der Waals surface area contributed by atoms with Gasteiger partial charge in [-0.25, -0.2) is 8.42 Å². The SMILES string of the molecule is CCS(=O)(=O)[C@@H](CO)[C@@H](N)C(C)(C)C. The van der Waals surface area contributed by atoms with Crippen molar-refractivity contribution >= 4 is 9.84 Å². The van der Waals surface area contributed by atoms with E-state index in [-0.39, 0.29) is 11.2 Å². The van der Waals surface area contributed by atoms with Crippen LogP contribution in [0.25, 0.3) is 0 Å². The molecule has 0 saturated carbocycles. The Kier molecular flexibility index (Phi) is 4.55. The molecule has 0 spiro atoms. The van der Waals surface area contributed by atoms with Crippen LogP contribution in [0, 0.1) is 5.41 Å². The monoisotopic (exact) mass is 223 g/mol. The van der Waals surface area contributed by atoms with E-state index in [2.05, 4.69) is 0 Å². The van der Waals surface area contributed by atoms with Crippen LogP contribution in [0.15, 0.2) is 0 Å². The van der Waals surface area contributed by atoms with E-state index in [0.29, 0.717) is 0 Å². The van der Waals surface area contributed by atoms with Crippen molar-refractivity contribution in [2.24, 2.45) is 11.1 Å². The van der Waals surface area contributed by atoms with E-state index in [1.807, 2.05) is 20.8 Å². The lowest BCUT2D eigenvalue weighted by Crippen LogP contribution is -2.51. The maximum absolute atomic E-state index is 11.6. The van der Waals surface area contributed by atoms with Gasteiger partial charge in [0.1, 0.15) is 0 Å². The number of sulfone groups is 1. The minimum absolute atomic E-state index is 0.0159. The van der Waals surface area contributed by atoms with Gasteiger partial charge >= 0.3 is 0 Å². The Morgan fingerprint density at radius 1 is 1.36 bits per heavy atom. The Morgan fingerprint density at radius 3 is 2.00 bits per heavy atom. The minimum Gasteiger partial charge on any atom is -0.395 e. The van der Waals surface area contributed by atoms with E-state index < -0.39 is 27.7 Å². The summed E-state index contributed by atoms with van der Waals surface area (Å²) in [4.78, 5) is 0. The minimum atomic E-state index is -3.27. The molecule has 0 heterocycles. The summed E-state index contributed by atoms with van der Waals surface area (Å²) in [7, 11) is -3.27. The second-order valence-corrected chi connectivity index (χ2v) is 7.07. The van der Waals surface area contributed by atoms with Crippen molar-refractivity contribution in [3.63, 3.8) is 0 Å². The highest BCUT2D eigenvalue weighted by Gasteiger charge is 2.36. The fourth-order valence-electron chi connectivity index (χ4n) is 1.22. The normalized spacial score (nSPS) is 17.9. The van der Waals surface area contributed by atoms with Crippen molar-refractivity contribution in [1.29, 1.82) is 0 Å². The predicted molar refractivity (Wildman–Crippen MR) is 57.8 cm³/mol. The van der Waals surface area contributed by atoms with Gasteiger partial charge in [-0.05, 0) is 5.41 Å². The van der Waals surface area contributed by atoms with Crippen LogP contribution >= 0.6 is 0 Å². The molecule has 0 unspecified atom stereocenters. The van der Waals surface area contributed by atoms with Crippen molar-refractivity contribution in [3.8, 4) is 0 Å². The van der Waals surface area contributed by atoms with Crippen molar-refractivity contribution in [1.82, 2.24) is 0 Å². The molecule has 14 heavy (non-hydrogen) atoms. The molecule has 4 nitrogen and oxygen atoms in total. The number of hydrogen-bond donors (Lipinski definition) is 2. The van der Waals surface area contributed by atoms with Gasteiger partial charge in [0.25, 0.3) is 0 Å². The first-order valence-corrected chi connectivity index (χ1v) is 6.46. The molecule has 0 amide bonds. The Hall–Kier alpha value is -0.130. The van der Waals surface area contributed by atoms with Crippen LogP contribution in [0.1, 0.15) is 27.7 Å². The van der Waals surface area contributed by atoms with Gasteiger partial charge in [0.15, 0.2) is 9.84 Å². The maximum atomic E-state index is 11.6. The molecule has 0 aliphatic heterocycles. The van der Waals surface area contributed by atoms with Gasteiger partial charge in [-0.15, -0.1) is 0 Å². The van der Waals surface area contributed by atoms with E-state index in [0.717, 1.165) is 0 Å². The molecule has 0 rings (SSSR count). The fraction of sp³-hybridized carbons (Fsp3) is 1.00. The second kappa shape index (κ2) is 4.59. The first kappa shape index (κ1) is 13.9. The third-order valence-electron chi connectivity index (χ3n) is 2.44. The second-order valence-electron chi connectivity index (χ2n) is 4.56. The van der Waals surface area contributed by atoms with Crippen LogP contribution in [0.4, 0.5) is 0 Å². The van der Waals surface area contributed by atoms with Crippen molar-refractivity contribution in [2.75, 3.05) is 12.4 Å². The highest BCUT2D eigenvalue weighted by molar-refractivity contribution is 7.92. The Labute approximate surface area is 86.4 Å². The van der Waals surface area contributed by atoms with E-state index in [9.17, 15) is 8.42 Å². The van der Waals surface area contributed by atoms with E-state index in [4.69, 9.17) is 10.8 Å². The molecule has 0 radical (unpaired) electrons. The summed E-state index contributed by atoms with van der Waals surface area (Å²) >= 11 is 0. The fourth-order valence-corrected chi connectivity index (χ4v) is 2.73. The molecule has 86 valence electrons. The molecule has 0 aromatic carbocycles. The van der Waals surface area contributed by atoms with Crippen molar-refractivity contribution in [2.45, 2.75) is 39.0 Å². The molecule has 5 heteroatoms. The van der Waals surface area contributed by atoms with Gasteiger partial charge in [0.05, 0.1) is 11.9 Å². The third-order valence-corrected chi connectivity index (χ3v) is 4.61. The summed E-state index contributed by atoms with van der Waals surface area (Å²) in [5.41, 5.74) is 5.50. The van der Waals surface area contributed by atoms with E-state index >= 15 is 0 Å². The molecule has 0 aliphatic rings. The predicted octanol–water partition coefficient (Wildman–Crippen LogP) is 0.155. The van der Waals surface area contributed by atoms with Gasteiger partial charge < -0.3 is 10.8 Å². The molecule has 0 saturated heterocycles. The smallest absolute Gasteiger partial charge is 0.156 e. The first-order chi connectivity index (χ1) is 6.16. The molecular formula is C9H21NO3S. The average Bonchev–Trinajstić information content (AvgIpc) is 2.03. The molecule has 0 aliphatic carbocycles. The molecule has 2 atom stereocenters. The summed E-state index contributed by atoms with van der Waals surface area (Å²) in [6.07, 6.45) is 0. The highest BCUT2D eigenvalue weighted by Crippen LogP contribution is 2.23. The van der Waals surface area contributed by atoms with Crippen LogP contribution < -0.4 is 5.73 Å². The number of aliphatic hydroxyl groups is 1. The van der Waals surface area contributed by atoms with Crippen LogP contribution in [-0.2, 0) is 9.84 Å². The van der Waals surface area contributed by atoms with Crippen LogP contribution in [0.3, 0.4) is 0 Å². The van der Waals surface area contributed by atoms with Gasteiger partial charge in [-0.1, -0.05) is 27.7 Å². The van der Waals surface area contributed by atoms with Gasteiger partial charge in [-0.2, -0.15) is 0 Å². The zero-order valence-electron chi connectivity index (χ0n) is 9.32. The zero-order valence-corrected chi connectivity index (χ0v) is 10.1. The third kappa shape index (κ3) is 3.22. The summed E-state index contributed by atoms with van der Waals surface area (Å²) in [6, 6.07) is -0.544. The van der Waals surface area contributed by atoms with Gasteiger partial charge in [-0.3, -0.25) is 0 Å². The summed E-state index contributed by atoms with van der Waals surface area (Å²) in [5, 5.41) is 8.21. The summed E-state index contributed by atoms with van der Waals surface area (Å²) in [5.74, 6) is 0.0159. The zero-order chi connectivity index (χ0) is 11.6. The maximum Gasteiger partial charge on any atom is 0.156 e. The molecule has 0 bridgehead atoms. The number of nitrogens with two attached hydrogens (primary N) is 1. The van der Waals surface area contributed by atoms with Crippen molar-refractivity contribution < 1.29 is 13.5 Å². The topological polar surface area (TPSA) is 80.4 Å². The molecule has 0 aromatic rings. The average molecular weight is 223 g/mol. The van der Waals surface area contributed by atoms with Crippen LogP contribution in [0.5, 0.6) is 0 Å². The van der Waals surface area contributed by atoms with E-state index in [1.54, 1.807) is 6.92 Å². The first-order valence-electron chi connectivity index (χ1n) is 4.74. The lowest BCUT2D eigenvalue weighted by molar-refractivity contribution is 0.227. The Morgan fingerprint density at radius 2 is 1.79 bits per heavy atom. The van der Waals surface area contributed by atoms with Crippen LogP contribution in [-0.4, -0.2) is 37.2 Å². The van der Waals surface area contributed by atoms with Crippen LogP contribution in [0.2, 0.25) is 0 Å². The van der Waals surface area contributed by atoms with E-state index in [1.165, 1.54) is 0 Å². The Balaban J connectivity index is 4.93. The number of rotatable bonds is 4. The largest absolute Gasteiger partial charge is 0.395 e.